The summed E-state index contributed by atoms with van der Waals surface area (Å²) in [4.78, 5) is 24.6. The van der Waals surface area contributed by atoms with Crippen LogP contribution in [0.25, 0.3) is 0 Å². The summed E-state index contributed by atoms with van der Waals surface area (Å²) >= 11 is 0. The molecule has 82 valence electrons. The number of hydrogen-bond donors (Lipinski definition) is 1. The molecule has 1 aromatic carbocycles. The summed E-state index contributed by atoms with van der Waals surface area (Å²) in [6.07, 6.45) is 1.31. The fourth-order valence-corrected chi connectivity index (χ4v) is 1.59. The van der Waals surface area contributed by atoms with Gasteiger partial charge in [0.25, 0.3) is 11.8 Å². The molecule has 1 aliphatic heterocycles. The topological polar surface area (TPSA) is 49.4 Å². The molecule has 0 saturated heterocycles. The van der Waals surface area contributed by atoms with Crippen molar-refractivity contribution in [2.24, 2.45) is 0 Å². The van der Waals surface area contributed by atoms with Crippen LogP contribution in [-0.4, -0.2) is 18.9 Å². The number of amides is 2. The van der Waals surface area contributed by atoms with Gasteiger partial charge in [-0.25, -0.2) is 4.90 Å². The van der Waals surface area contributed by atoms with Crippen LogP contribution in [0.1, 0.15) is 5.56 Å². The smallest absolute Gasteiger partial charge is 0.281 e. The van der Waals surface area contributed by atoms with E-state index in [9.17, 15) is 9.59 Å². The van der Waals surface area contributed by atoms with E-state index < -0.39 is 0 Å². The Kier molecular flexibility index (Phi) is 2.48. The summed E-state index contributed by atoms with van der Waals surface area (Å²) in [7, 11) is 1.62. The molecule has 16 heavy (non-hydrogen) atoms. The number of hydrogen-bond acceptors (Lipinski definition) is 3. The molecule has 0 bridgehead atoms. The van der Waals surface area contributed by atoms with Crippen molar-refractivity contribution in [3.05, 3.63) is 41.6 Å². The maximum absolute atomic E-state index is 11.8. The number of benzene rings is 1. The van der Waals surface area contributed by atoms with Crippen LogP contribution < -0.4 is 10.2 Å². The Morgan fingerprint density at radius 2 is 1.75 bits per heavy atom. The molecule has 0 atom stereocenters. The molecule has 0 aromatic heterocycles. The quantitative estimate of drug-likeness (QED) is 0.749. The lowest BCUT2D eigenvalue weighted by atomic mass is 10.2. The predicted octanol–water partition coefficient (Wildman–Crippen LogP) is 0.972. The third-order valence-electron chi connectivity index (χ3n) is 2.48. The van der Waals surface area contributed by atoms with Crippen LogP contribution in [0, 0.1) is 6.92 Å². The molecular weight excluding hydrogens is 204 g/mol. The van der Waals surface area contributed by atoms with Gasteiger partial charge in [0.15, 0.2) is 0 Å². The van der Waals surface area contributed by atoms with Crippen LogP contribution in [0.5, 0.6) is 0 Å². The zero-order valence-electron chi connectivity index (χ0n) is 9.15. The third-order valence-corrected chi connectivity index (χ3v) is 2.48. The fraction of sp³-hybridized carbons (Fsp3) is 0.167. The second-order valence-electron chi connectivity index (χ2n) is 3.62. The first kappa shape index (κ1) is 10.4. The van der Waals surface area contributed by atoms with Crippen molar-refractivity contribution in [3.63, 3.8) is 0 Å². The normalized spacial score (nSPS) is 15.4. The number of carbonyl (C=O) groups excluding carboxylic acids is 2. The van der Waals surface area contributed by atoms with Crippen LogP contribution in [0.15, 0.2) is 36.0 Å². The molecule has 0 radical (unpaired) electrons. The molecule has 1 aromatic rings. The van der Waals surface area contributed by atoms with E-state index in [0.717, 1.165) is 10.5 Å². The fourth-order valence-electron chi connectivity index (χ4n) is 1.59. The minimum Gasteiger partial charge on any atom is -0.383 e. The Hall–Kier alpha value is -2.10. The van der Waals surface area contributed by atoms with Crippen LogP contribution in [0.3, 0.4) is 0 Å². The van der Waals surface area contributed by atoms with E-state index in [-0.39, 0.29) is 11.8 Å². The molecule has 0 fully saturated rings. The van der Waals surface area contributed by atoms with Crippen molar-refractivity contribution in [2.75, 3.05) is 11.9 Å². The lowest BCUT2D eigenvalue weighted by Gasteiger charge is -2.14. The molecule has 1 heterocycles. The third kappa shape index (κ3) is 1.58. The average Bonchev–Trinajstić information content (AvgIpc) is 2.56. The van der Waals surface area contributed by atoms with Gasteiger partial charge in [0.2, 0.25) is 0 Å². The molecule has 4 nitrogen and oxygen atoms in total. The van der Waals surface area contributed by atoms with Gasteiger partial charge in [0.05, 0.1) is 5.69 Å². The number of likely N-dealkylation sites (N-methyl/N-ethyl adjacent to an activating group) is 1. The highest BCUT2D eigenvalue weighted by molar-refractivity contribution is 6.30. The number of carbonyl (C=O) groups is 2. The van der Waals surface area contributed by atoms with Crippen molar-refractivity contribution in [1.29, 1.82) is 0 Å². The molecule has 4 heteroatoms. The van der Waals surface area contributed by atoms with Crippen molar-refractivity contribution in [2.45, 2.75) is 6.92 Å². The molecule has 0 unspecified atom stereocenters. The SMILES string of the molecule is CNC1=CC(=O)N(c2ccc(C)cc2)C1=O. The highest BCUT2D eigenvalue weighted by Crippen LogP contribution is 2.21. The van der Waals surface area contributed by atoms with Gasteiger partial charge in [-0.05, 0) is 19.1 Å². The average molecular weight is 216 g/mol. The van der Waals surface area contributed by atoms with E-state index in [1.165, 1.54) is 6.08 Å². The van der Waals surface area contributed by atoms with Gasteiger partial charge in [-0.2, -0.15) is 0 Å². The van der Waals surface area contributed by atoms with E-state index in [2.05, 4.69) is 5.32 Å². The Morgan fingerprint density at radius 3 is 2.25 bits per heavy atom. The van der Waals surface area contributed by atoms with Gasteiger partial charge < -0.3 is 5.32 Å². The van der Waals surface area contributed by atoms with Crippen molar-refractivity contribution >= 4 is 17.5 Å². The molecular formula is C12H12N2O2. The number of aryl methyl sites for hydroxylation is 1. The van der Waals surface area contributed by atoms with E-state index in [0.29, 0.717) is 11.4 Å². The van der Waals surface area contributed by atoms with Crippen LogP contribution in [0.2, 0.25) is 0 Å². The van der Waals surface area contributed by atoms with Gasteiger partial charge in [0.1, 0.15) is 5.70 Å². The highest BCUT2D eigenvalue weighted by Gasteiger charge is 2.31. The van der Waals surface area contributed by atoms with Crippen molar-refractivity contribution in [3.8, 4) is 0 Å². The number of anilines is 1. The van der Waals surface area contributed by atoms with E-state index in [4.69, 9.17) is 0 Å². The Bertz CT molecular complexity index is 474. The summed E-state index contributed by atoms with van der Waals surface area (Å²) in [5.74, 6) is -0.616. The summed E-state index contributed by atoms with van der Waals surface area (Å²) in [6.45, 7) is 1.95. The number of imide groups is 1. The van der Waals surface area contributed by atoms with Gasteiger partial charge in [-0.15, -0.1) is 0 Å². The summed E-state index contributed by atoms with van der Waals surface area (Å²) < 4.78 is 0. The number of nitrogens with one attached hydrogen (secondary N) is 1. The van der Waals surface area contributed by atoms with E-state index in [1.807, 2.05) is 19.1 Å². The van der Waals surface area contributed by atoms with Gasteiger partial charge in [-0.3, -0.25) is 9.59 Å². The molecule has 0 aliphatic carbocycles. The zero-order valence-corrected chi connectivity index (χ0v) is 9.15. The lowest BCUT2D eigenvalue weighted by molar-refractivity contribution is -0.120. The summed E-state index contributed by atoms with van der Waals surface area (Å²) in [5.41, 5.74) is 2.01. The van der Waals surface area contributed by atoms with Crippen LogP contribution in [0.4, 0.5) is 5.69 Å². The van der Waals surface area contributed by atoms with Crippen LogP contribution >= 0.6 is 0 Å². The Labute approximate surface area is 93.6 Å². The van der Waals surface area contributed by atoms with Crippen LogP contribution in [-0.2, 0) is 9.59 Å². The Morgan fingerprint density at radius 1 is 1.12 bits per heavy atom. The molecule has 0 saturated carbocycles. The predicted molar refractivity (Wildman–Crippen MR) is 60.8 cm³/mol. The van der Waals surface area contributed by atoms with Gasteiger partial charge >= 0.3 is 0 Å². The molecule has 2 rings (SSSR count). The largest absolute Gasteiger partial charge is 0.383 e. The Balaban J connectivity index is 2.34. The first-order chi connectivity index (χ1) is 7.63. The van der Waals surface area contributed by atoms with Crippen molar-refractivity contribution in [1.82, 2.24) is 5.32 Å². The molecule has 1 N–H and O–H groups in total. The standard InChI is InChI=1S/C12H12N2O2/c1-8-3-5-9(6-4-8)14-11(15)7-10(13-2)12(14)16/h3-7,13H,1-2H3. The lowest BCUT2D eigenvalue weighted by Crippen LogP contribution is -2.32. The maximum atomic E-state index is 11.8. The van der Waals surface area contributed by atoms with E-state index >= 15 is 0 Å². The minimum atomic E-state index is -0.309. The van der Waals surface area contributed by atoms with Gasteiger partial charge in [0, 0.05) is 13.1 Å². The second kappa shape index (κ2) is 3.81. The maximum Gasteiger partial charge on any atom is 0.281 e. The first-order valence-corrected chi connectivity index (χ1v) is 4.98. The molecule has 0 spiro atoms. The monoisotopic (exact) mass is 216 g/mol. The number of rotatable bonds is 2. The van der Waals surface area contributed by atoms with Gasteiger partial charge in [-0.1, -0.05) is 17.7 Å². The second-order valence-corrected chi connectivity index (χ2v) is 3.62. The minimum absolute atomic E-state index is 0.307. The zero-order chi connectivity index (χ0) is 11.7. The summed E-state index contributed by atoms with van der Waals surface area (Å²) in [6, 6.07) is 7.26. The molecule has 1 aliphatic rings. The first-order valence-electron chi connectivity index (χ1n) is 4.98. The van der Waals surface area contributed by atoms with Crippen molar-refractivity contribution < 1.29 is 9.59 Å². The molecule has 2 amide bonds. The summed E-state index contributed by atoms with van der Waals surface area (Å²) in [5, 5.41) is 2.70. The van der Waals surface area contributed by atoms with E-state index in [1.54, 1.807) is 19.2 Å². The number of nitrogens with zero attached hydrogens (tertiary/aromatic N) is 1. The highest BCUT2D eigenvalue weighted by atomic mass is 16.2.